The van der Waals surface area contributed by atoms with Crippen LogP contribution in [0.1, 0.15) is 11.1 Å². The van der Waals surface area contributed by atoms with Crippen LogP contribution in [0, 0.1) is 13.8 Å². The maximum Gasteiger partial charge on any atom is 0.229 e. The molecule has 3 heterocycles. The van der Waals surface area contributed by atoms with E-state index in [1.54, 1.807) is 6.20 Å². The zero-order valence-corrected chi connectivity index (χ0v) is 22.8. The minimum atomic E-state index is 0.489. The van der Waals surface area contributed by atoms with Crippen LogP contribution in [0.3, 0.4) is 0 Å². The molecule has 1 aliphatic heterocycles. The molecule has 1 fully saturated rings. The lowest BCUT2D eigenvalue weighted by Gasteiger charge is -2.26. The third kappa shape index (κ3) is 5.75. The summed E-state index contributed by atoms with van der Waals surface area (Å²) in [6.07, 6.45) is 1.76. The van der Waals surface area contributed by atoms with Crippen LogP contribution in [0.15, 0.2) is 79.0 Å². The topological polar surface area (TPSA) is 89.4 Å². The van der Waals surface area contributed by atoms with Crippen molar-refractivity contribution in [1.29, 1.82) is 0 Å². The Hall–Kier alpha value is -4.47. The van der Waals surface area contributed by atoms with E-state index in [9.17, 15) is 0 Å². The van der Waals surface area contributed by atoms with Gasteiger partial charge in [-0.05, 0) is 55.3 Å². The fraction of sp³-hybridized carbons (Fsp3) is 0.258. The van der Waals surface area contributed by atoms with Gasteiger partial charge in [0, 0.05) is 49.3 Å². The summed E-state index contributed by atoms with van der Waals surface area (Å²) in [6, 6.07) is 24.0. The third-order valence-electron chi connectivity index (χ3n) is 7.11. The van der Waals surface area contributed by atoms with E-state index in [0.29, 0.717) is 24.3 Å². The zero-order valence-electron chi connectivity index (χ0n) is 22.8. The van der Waals surface area contributed by atoms with Gasteiger partial charge in [0.2, 0.25) is 11.9 Å². The number of anilines is 4. The monoisotopic (exact) mass is 535 g/mol. The largest absolute Gasteiger partial charge is 0.492 e. The molecular weight excluding hydrogens is 502 g/mol. The van der Waals surface area contributed by atoms with Gasteiger partial charge in [0.25, 0.3) is 0 Å². The van der Waals surface area contributed by atoms with Crippen molar-refractivity contribution < 1.29 is 9.47 Å². The normalized spacial score (nSPS) is 13.8. The number of aromatic nitrogens is 4. The second-order valence-corrected chi connectivity index (χ2v) is 9.83. The van der Waals surface area contributed by atoms with Gasteiger partial charge in [0.15, 0.2) is 0 Å². The third-order valence-corrected chi connectivity index (χ3v) is 7.11. The highest BCUT2D eigenvalue weighted by Gasteiger charge is 2.15. The smallest absolute Gasteiger partial charge is 0.229 e. The van der Waals surface area contributed by atoms with Crippen molar-refractivity contribution in [1.82, 2.24) is 24.4 Å². The van der Waals surface area contributed by atoms with E-state index >= 15 is 0 Å². The Kier molecular flexibility index (Phi) is 7.56. The van der Waals surface area contributed by atoms with Gasteiger partial charge in [-0.3, -0.25) is 9.47 Å². The highest BCUT2D eigenvalue weighted by atomic mass is 16.5. The van der Waals surface area contributed by atoms with Crippen LogP contribution in [-0.4, -0.2) is 63.9 Å². The maximum atomic E-state index is 6.22. The summed E-state index contributed by atoms with van der Waals surface area (Å²) in [5.74, 6) is 2.74. The van der Waals surface area contributed by atoms with Crippen molar-refractivity contribution in [2.75, 3.05) is 50.1 Å². The second kappa shape index (κ2) is 11.7. The molecule has 5 aromatic rings. The molecule has 6 rings (SSSR count). The van der Waals surface area contributed by atoms with Gasteiger partial charge in [-0.2, -0.15) is 4.98 Å². The molecule has 9 heteroatoms. The van der Waals surface area contributed by atoms with Crippen LogP contribution in [0.2, 0.25) is 0 Å². The van der Waals surface area contributed by atoms with Crippen molar-refractivity contribution >= 4 is 34.3 Å². The van der Waals surface area contributed by atoms with Gasteiger partial charge in [-0.25, -0.2) is 9.97 Å². The van der Waals surface area contributed by atoms with Gasteiger partial charge in [0.1, 0.15) is 18.2 Å². The Bertz CT molecular complexity index is 1600. The van der Waals surface area contributed by atoms with Crippen LogP contribution < -0.4 is 15.4 Å². The Balaban J connectivity index is 1.25. The molecule has 0 saturated carbocycles. The van der Waals surface area contributed by atoms with E-state index in [4.69, 9.17) is 19.4 Å². The lowest BCUT2D eigenvalue weighted by atomic mass is 10.1. The quantitative estimate of drug-likeness (QED) is 0.251. The highest BCUT2D eigenvalue weighted by Crippen LogP contribution is 2.29. The average Bonchev–Trinajstić information content (AvgIpc) is 3.34. The first-order chi connectivity index (χ1) is 19.6. The van der Waals surface area contributed by atoms with E-state index in [0.717, 1.165) is 72.1 Å². The van der Waals surface area contributed by atoms with Crippen LogP contribution in [-0.2, 0) is 4.74 Å². The first-order valence-corrected chi connectivity index (χ1v) is 13.6. The van der Waals surface area contributed by atoms with Crippen LogP contribution in [0.4, 0.5) is 23.3 Å². The number of rotatable bonds is 9. The van der Waals surface area contributed by atoms with Gasteiger partial charge >= 0.3 is 0 Å². The molecule has 0 unspecified atom stereocenters. The highest BCUT2D eigenvalue weighted by molar-refractivity contribution is 5.82. The first-order valence-electron chi connectivity index (χ1n) is 13.6. The van der Waals surface area contributed by atoms with E-state index in [-0.39, 0.29) is 0 Å². The number of aryl methyl sites for hydroxylation is 1. The van der Waals surface area contributed by atoms with Crippen LogP contribution >= 0.6 is 0 Å². The first kappa shape index (κ1) is 25.8. The van der Waals surface area contributed by atoms with Crippen molar-refractivity contribution in [3.05, 3.63) is 90.1 Å². The molecule has 0 amide bonds. The number of para-hydroxylation sites is 3. The number of nitrogens with zero attached hydrogens (tertiary/aromatic N) is 5. The lowest BCUT2D eigenvalue weighted by Crippen LogP contribution is -2.38. The summed E-state index contributed by atoms with van der Waals surface area (Å²) >= 11 is 0. The molecule has 0 radical (unpaired) electrons. The Labute approximate surface area is 233 Å². The second-order valence-electron chi connectivity index (χ2n) is 9.83. The SMILES string of the molecule is Cc1cc(Nc2nccc(-n3c(Nc4ccccc4)nc4ccccc43)n2)cc(OCCN2CCOCC2)c1C. The minimum absolute atomic E-state index is 0.489. The number of imidazole rings is 1. The number of fused-ring (bicyclic) bond motifs is 1. The number of morpholine rings is 1. The van der Waals surface area contributed by atoms with Crippen molar-refractivity contribution in [2.24, 2.45) is 0 Å². The van der Waals surface area contributed by atoms with Crippen LogP contribution in [0.5, 0.6) is 5.75 Å². The predicted octanol–water partition coefficient (Wildman–Crippen LogP) is 5.63. The molecule has 2 aromatic heterocycles. The molecule has 3 aromatic carbocycles. The van der Waals surface area contributed by atoms with E-state index in [1.807, 2.05) is 71.3 Å². The molecule has 0 atom stereocenters. The summed E-state index contributed by atoms with van der Waals surface area (Å²) in [6.45, 7) is 9.16. The van der Waals surface area contributed by atoms with Gasteiger partial charge < -0.3 is 20.1 Å². The van der Waals surface area contributed by atoms with Crippen molar-refractivity contribution in [3.8, 4) is 11.6 Å². The Morgan fingerprint density at radius 2 is 1.68 bits per heavy atom. The van der Waals surface area contributed by atoms with Gasteiger partial charge in [-0.1, -0.05) is 30.3 Å². The molecule has 204 valence electrons. The lowest BCUT2D eigenvalue weighted by molar-refractivity contribution is 0.0322. The van der Waals surface area contributed by atoms with Gasteiger partial charge in [-0.15, -0.1) is 0 Å². The Morgan fingerprint density at radius 3 is 2.52 bits per heavy atom. The molecule has 0 bridgehead atoms. The molecule has 1 saturated heterocycles. The van der Waals surface area contributed by atoms with Gasteiger partial charge in [0.05, 0.1) is 24.2 Å². The molecule has 40 heavy (non-hydrogen) atoms. The summed E-state index contributed by atoms with van der Waals surface area (Å²) in [4.78, 5) is 16.6. The molecule has 0 spiro atoms. The summed E-state index contributed by atoms with van der Waals surface area (Å²) in [5, 5.41) is 6.83. The number of hydrogen-bond acceptors (Lipinski definition) is 8. The summed E-state index contributed by atoms with van der Waals surface area (Å²) in [7, 11) is 0. The zero-order chi connectivity index (χ0) is 27.3. The fourth-order valence-corrected chi connectivity index (χ4v) is 4.81. The fourth-order valence-electron chi connectivity index (χ4n) is 4.81. The molecule has 2 N–H and O–H groups in total. The molecule has 0 aliphatic carbocycles. The number of nitrogens with one attached hydrogen (secondary N) is 2. The van der Waals surface area contributed by atoms with E-state index in [1.165, 1.54) is 0 Å². The molecule has 1 aliphatic rings. The number of hydrogen-bond donors (Lipinski definition) is 2. The van der Waals surface area contributed by atoms with Crippen LogP contribution in [0.25, 0.3) is 16.9 Å². The Morgan fingerprint density at radius 1 is 0.875 bits per heavy atom. The maximum absolute atomic E-state index is 6.22. The standard InChI is InChI=1S/C31H33N7O2/c1-22-20-25(21-28(23(22)2)40-19-16-37-14-17-39-18-15-37)33-30-32-13-12-29(36-30)38-27-11-7-6-10-26(27)35-31(38)34-24-8-4-3-5-9-24/h3-13,20-21H,14-19H2,1-2H3,(H,34,35)(H,32,33,36). The number of benzene rings is 3. The molecular formula is C31H33N7O2. The number of ether oxygens (including phenoxy) is 2. The minimum Gasteiger partial charge on any atom is -0.492 e. The van der Waals surface area contributed by atoms with E-state index < -0.39 is 0 Å². The van der Waals surface area contributed by atoms with Crippen molar-refractivity contribution in [2.45, 2.75) is 13.8 Å². The molecule has 9 nitrogen and oxygen atoms in total. The summed E-state index contributed by atoms with van der Waals surface area (Å²) < 4.78 is 13.7. The average molecular weight is 536 g/mol. The van der Waals surface area contributed by atoms with E-state index in [2.05, 4.69) is 40.4 Å². The predicted molar refractivity (Wildman–Crippen MR) is 158 cm³/mol. The van der Waals surface area contributed by atoms with Crippen molar-refractivity contribution in [3.63, 3.8) is 0 Å². The summed E-state index contributed by atoms with van der Waals surface area (Å²) in [5.41, 5.74) is 5.92.